The maximum Gasteiger partial charge on any atom is 0.0889 e. The maximum absolute atomic E-state index is 3.62. The molecule has 3 aliphatic carbocycles. The van der Waals surface area contributed by atoms with E-state index in [1.54, 1.807) is 0 Å². The third-order valence-electron chi connectivity index (χ3n) is 15.5. The summed E-state index contributed by atoms with van der Waals surface area (Å²) in [4.78, 5) is 2.61. The quantitative estimate of drug-likeness (QED) is 0.162. The molecule has 4 aliphatic rings. The fourth-order valence-corrected chi connectivity index (χ4v) is 13.3. The Bertz CT molecular complexity index is 4150. The minimum Gasteiger partial charge on any atom is -0.326 e. The SMILES string of the molecule is CC(C)c1c2c3cc4c5ccccc5n(C5=CC=CCC5)c4c4c5ccccc5n(c2c(C(C)C)c2c5cc6c(c7c8ccccc8n(c12)c57)N(C1=CCCC#C1)C1C=CC=CC61)c34. The lowest BCUT2D eigenvalue weighted by Crippen LogP contribution is -2.32. The molecule has 4 nitrogen and oxygen atoms in total. The third kappa shape index (κ3) is 4.09. The summed E-state index contributed by atoms with van der Waals surface area (Å²) >= 11 is 0. The topological polar surface area (TPSA) is 17.0 Å². The van der Waals surface area contributed by atoms with Gasteiger partial charge in [0.25, 0.3) is 0 Å². The van der Waals surface area contributed by atoms with Crippen LogP contribution in [0.2, 0.25) is 0 Å². The number of nitrogens with zero attached hydrogens (tertiary/aromatic N) is 4. The van der Waals surface area contributed by atoms with E-state index in [9.17, 15) is 0 Å². The molecule has 1 aliphatic heterocycles. The molecule has 5 aromatic heterocycles. The first-order chi connectivity index (χ1) is 31.5. The lowest BCUT2D eigenvalue weighted by molar-refractivity contribution is 0.729. The molecular formula is C60H46N4. The fraction of sp³-hybridized carbons (Fsp3) is 0.200. The molecule has 11 aromatic rings. The Labute approximate surface area is 371 Å². The van der Waals surface area contributed by atoms with Gasteiger partial charge in [-0.25, -0.2) is 0 Å². The van der Waals surface area contributed by atoms with Crippen LogP contribution in [-0.2, 0) is 0 Å². The molecule has 0 bridgehead atoms. The van der Waals surface area contributed by atoms with Gasteiger partial charge in [0.15, 0.2) is 0 Å². The van der Waals surface area contributed by atoms with Crippen LogP contribution in [0.5, 0.6) is 0 Å². The van der Waals surface area contributed by atoms with E-state index in [-0.39, 0.29) is 23.8 Å². The Kier molecular flexibility index (Phi) is 6.76. The van der Waals surface area contributed by atoms with Gasteiger partial charge >= 0.3 is 0 Å². The first kappa shape index (κ1) is 35.3. The number of fused-ring (bicyclic) bond motifs is 20. The highest BCUT2D eigenvalue weighted by Crippen LogP contribution is 2.58. The molecule has 306 valence electrons. The van der Waals surface area contributed by atoms with Gasteiger partial charge in [0.05, 0.1) is 61.6 Å². The molecular weight excluding hydrogens is 777 g/mol. The number of hydrogen-bond acceptors (Lipinski definition) is 1. The average molecular weight is 823 g/mol. The van der Waals surface area contributed by atoms with Gasteiger partial charge in [-0.1, -0.05) is 131 Å². The maximum atomic E-state index is 3.62. The minimum atomic E-state index is 0.190. The monoisotopic (exact) mass is 822 g/mol. The van der Waals surface area contributed by atoms with Crippen molar-refractivity contribution in [2.45, 2.75) is 77.2 Å². The summed E-state index contributed by atoms with van der Waals surface area (Å²) in [6, 6.07) is 33.0. The van der Waals surface area contributed by atoms with Crippen LogP contribution in [0.15, 0.2) is 139 Å². The Balaban J connectivity index is 1.21. The number of hydrogen-bond donors (Lipinski definition) is 0. The van der Waals surface area contributed by atoms with E-state index >= 15 is 0 Å². The van der Waals surface area contributed by atoms with E-state index in [0.717, 1.165) is 31.4 Å². The molecule has 2 atom stereocenters. The number of aromatic nitrogens is 3. The largest absolute Gasteiger partial charge is 0.326 e. The van der Waals surface area contributed by atoms with Crippen LogP contribution < -0.4 is 4.90 Å². The summed E-state index contributed by atoms with van der Waals surface area (Å²) in [6.07, 6.45) is 22.6. The molecule has 6 aromatic carbocycles. The van der Waals surface area contributed by atoms with Gasteiger partial charge in [0.2, 0.25) is 0 Å². The van der Waals surface area contributed by atoms with Crippen molar-refractivity contribution in [2.75, 3.05) is 4.90 Å². The molecule has 4 heteroatoms. The second-order valence-corrected chi connectivity index (χ2v) is 19.5. The van der Waals surface area contributed by atoms with E-state index in [2.05, 4.69) is 191 Å². The number of allylic oxidation sites excluding steroid dienone is 8. The molecule has 64 heavy (non-hydrogen) atoms. The molecule has 0 amide bonds. The average Bonchev–Trinajstić information content (AvgIpc) is 4.16. The van der Waals surface area contributed by atoms with E-state index < -0.39 is 0 Å². The van der Waals surface area contributed by atoms with Crippen LogP contribution in [0.3, 0.4) is 0 Å². The third-order valence-corrected chi connectivity index (χ3v) is 15.5. The van der Waals surface area contributed by atoms with Crippen molar-refractivity contribution >= 4 is 109 Å². The number of anilines is 1. The van der Waals surface area contributed by atoms with Crippen LogP contribution in [0.4, 0.5) is 5.69 Å². The highest BCUT2D eigenvalue weighted by Gasteiger charge is 2.42. The highest BCUT2D eigenvalue weighted by molar-refractivity contribution is 6.38. The van der Waals surface area contributed by atoms with E-state index in [1.165, 1.54) is 126 Å². The summed E-state index contributed by atoms with van der Waals surface area (Å²) in [5.41, 5.74) is 18.8. The van der Waals surface area contributed by atoms with Gasteiger partial charge in [-0.05, 0) is 90.1 Å². The summed E-state index contributed by atoms with van der Waals surface area (Å²) in [6.45, 7) is 9.75. The van der Waals surface area contributed by atoms with Crippen molar-refractivity contribution in [2.24, 2.45) is 0 Å². The smallest absolute Gasteiger partial charge is 0.0889 e. The van der Waals surface area contributed by atoms with Gasteiger partial charge in [-0.2, -0.15) is 0 Å². The summed E-state index contributed by atoms with van der Waals surface area (Å²) in [5, 5.41) is 13.6. The zero-order valence-electron chi connectivity index (χ0n) is 36.6. The van der Waals surface area contributed by atoms with E-state index in [0.29, 0.717) is 0 Å². The van der Waals surface area contributed by atoms with E-state index in [4.69, 9.17) is 0 Å². The van der Waals surface area contributed by atoms with E-state index in [1.807, 2.05) is 0 Å². The standard InChI is InChI=1S/C60H46N4/c1-33(2)49-51-43-31-41-37-23-11-15-27-45(37)61(35-19-7-5-8-20-35)55(41)53-40-26-14-18-30-48(40)64(57(43)53)60(51)50(34(3)4)52-44-32-42-38-24-12-16-28-46(38)62(36-21-9-6-10-22-36)56(42)54-39-25-13-17-29-47(39)63(58(44)54)59(49)52/h5,7,11-19,21,23-34,38,46H,6,8-9,20H2,1-4H3. The van der Waals surface area contributed by atoms with Crippen LogP contribution in [0, 0.1) is 11.8 Å². The number of benzene rings is 6. The highest BCUT2D eigenvalue weighted by atomic mass is 15.2. The Hall–Kier alpha value is -7.22. The van der Waals surface area contributed by atoms with Gasteiger partial charge in [0.1, 0.15) is 0 Å². The normalized spacial score (nSPS) is 18.6. The predicted molar refractivity (Wildman–Crippen MR) is 272 cm³/mol. The molecule has 0 spiro atoms. The minimum absolute atomic E-state index is 0.190. The van der Waals surface area contributed by atoms with Gasteiger partial charge in [0, 0.05) is 71.9 Å². The second-order valence-electron chi connectivity index (χ2n) is 19.5. The molecule has 0 saturated carbocycles. The molecule has 6 heterocycles. The number of para-hydroxylation sites is 3. The first-order valence-electron chi connectivity index (χ1n) is 23.5. The summed E-state index contributed by atoms with van der Waals surface area (Å²) < 4.78 is 8.03. The Morgan fingerprint density at radius 1 is 0.578 bits per heavy atom. The molecule has 15 rings (SSSR count). The Morgan fingerprint density at radius 3 is 1.89 bits per heavy atom. The van der Waals surface area contributed by atoms with Gasteiger partial charge in [-0.15, -0.1) is 0 Å². The van der Waals surface area contributed by atoms with Crippen molar-refractivity contribution in [1.29, 1.82) is 0 Å². The lowest BCUT2D eigenvalue weighted by Gasteiger charge is -2.29. The van der Waals surface area contributed by atoms with Crippen LogP contribution in [0.25, 0.3) is 104 Å². The van der Waals surface area contributed by atoms with Crippen LogP contribution >= 0.6 is 0 Å². The zero-order chi connectivity index (χ0) is 42.3. The zero-order valence-corrected chi connectivity index (χ0v) is 36.6. The van der Waals surface area contributed by atoms with Crippen molar-refractivity contribution in [3.8, 4) is 11.8 Å². The van der Waals surface area contributed by atoms with Crippen LogP contribution in [0.1, 0.15) is 87.8 Å². The summed E-state index contributed by atoms with van der Waals surface area (Å²) in [5.74, 6) is 7.83. The molecule has 0 saturated heterocycles. The first-order valence-corrected chi connectivity index (χ1v) is 23.5. The van der Waals surface area contributed by atoms with Gasteiger partial charge in [-0.3, -0.25) is 0 Å². The van der Waals surface area contributed by atoms with Crippen LogP contribution in [-0.4, -0.2) is 19.4 Å². The molecule has 0 radical (unpaired) electrons. The second kappa shape index (κ2) is 12.3. The predicted octanol–water partition coefficient (Wildman–Crippen LogP) is 15.6. The van der Waals surface area contributed by atoms with Crippen molar-refractivity contribution in [3.05, 3.63) is 156 Å². The molecule has 0 N–H and O–H groups in total. The lowest BCUT2D eigenvalue weighted by atomic mass is 9.85. The Morgan fingerprint density at radius 2 is 1.22 bits per heavy atom. The van der Waals surface area contributed by atoms with Crippen molar-refractivity contribution in [1.82, 2.24) is 13.4 Å². The van der Waals surface area contributed by atoms with Crippen molar-refractivity contribution < 1.29 is 0 Å². The molecule has 2 unspecified atom stereocenters. The fourth-order valence-electron chi connectivity index (χ4n) is 13.3. The summed E-state index contributed by atoms with van der Waals surface area (Å²) in [7, 11) is 0. The van der Waals surface area contributed by atoms with Crippen molar-refractivity contribution in [3.63, 3.8) is 0 Å². The van der Waals surface area contributed by atoms with Gasteiger partial charge < -0.3 is 18.3 Å². The molecule has 0 fully saturated rings. The number of rotatable bonds is 4.